The van der Waals surface area contributed by atoms with Crippen molar-refractivity contribution in [2.45, 2.75) is 70.1 Å². The average molecular weight is 522 g/mol. The maximum atomic E-state index is 12.4. The predicted octanol–water partition coefficient (Wildman–Crippen LogP) is 3.72. The van der Waals surface area contributed by atoms with Crippen LogP contribution < -0.4 is 15.8 Å². The summed E-state index contributed by atoms with van der Waals surface area (Å²) in [5, 5.41) is 10.4. The van der Waals surface area contributed by atoms with Gasteiger partial charge in [-0.15, -0.1) is 0 Å². The van der Waals surface area contributed by atoms with Crippen LogP contribution in [0.4, 0.5) is 0 Å². The van der Waals surface area contributed by atoms with E-state index in [1.54, 1.807) is 12.1 Å². The highest BCUT2D eigenvalue weighted by molar-refractivity contribution is 5.95. The highest BCUT2D eigenvalue weighted by Gasteiger charge is 2.35. The van der Waals surface area contributed by atoms with E-state index in [1.165, 1.54) is 6.92 Å². The zero-order valence-corrected chi connectivity index (χ0v) is 21.6. The minimum absolute atomic E-state index is 0.0301. The van der Waals surface area contributed by atoms with Gasteiger partial charge in [-0.3, -0.25) is 15.0 Å². The van der Waals surface area contributed by atoms with Gasteiger partial charge in [0.25, 0.3) is 0 Å². The molecule has 2 aromatic carbocycles. The average Bonchev–Trinajstić information content (AvgIpc) is 3.26. The molecule has 1 heterocycles. The Labute approximate surface area is 222 Å². The Morgan fingerprint density at radius 1 is 1.03 bits per heavy atom. The number of nitrogens with one attached hydrogen (secondary N) is 2. The van der Waals surface area contributed by atoms with Crippen molar-refractivity contribution in [1.82, 2.24) is 5.32 Å². The van der Waals surface area contributed by atoms with Crippen molar-refractivity contribution in [2.75, 3.05) is 6.61 Å². The number of nitrogens with two attached hydrogens (primary N) is 1. The quantitative estimate of drug-likeness (QED) is 0.246. The second-order valence-electron chi connectivity index (χ2n) is 10.00. The van der Waals surface area contributed by atoms with Gasteiger partial charge in [-0.1, -0.05) is 42.8 Å². The van der Waals surface area contributed by atoms with Gasteiger partial charge >= 0.3 is 11.9 Å². The second kappa shape index (κ2) is 12.6. The van der Waals surface area contributed by atoms with Crippen LogP contribution in [0.25, 0.3) is 11.1 Å². The largest absolute Gasteiger partial charge is 0.491 e. The van der Waals surface area contributed by atoms with Crippen LogP contribution in [0.1, 0.15) is 57.4 Å². The minimum atomic E-state index is -0.997. The van der Waals surface area contributed by atoms with Gasteiger partial charge in [-0.25, -0.2) is 4.79 Å². The van der Waals surface area contributed by atoms with E-state index >= 15 is 0 Å². The van der Waals surface area contributed by atoms with Crippen LogP contribution in [0.15, 0.2) is 48.5 Å². The fraction of sp³-hybridized carbons (Fsp3) is 0.448. The molecule has 1 unspecified atom stereocenters. The molecule has 0 radical (unpaired) electrons. The lowest BCUT2D eigenvalue weighted by Gasteiger charge is -2.23. The third kappa shape index (κ3) is 7.34. The van der Waals surface area contributed by atoms with E-state index < -0.39 is 24.0 Å². The van der Waals surface area contributed by atoms with E-state index in [2.05, 4.69) is 5.32 Å². The zero-order valence-electron chi connectivity index (χ0n) is 21.6. The summed E-state index contributed by atoms with van der Waals surface area (Å²) in [4.78, 5) is 37.0. The number of amidine groups is 1. The molecule has 3 atom stereocenters. The number of rotatable bonds is 10. The highest BCUT2D eigenvalue weighted by Crippen LogP contribution is 2.25. The predicted molar refractivity (Wildman–Crippen MR) is 142 cm³/mol. The Kier molecular flexibility index (Phi) is 8.99. The first-order valence-corrected chi connectivity index (χ1v) is 13.2. The van der Waals surface area contributed by atoms with Crippen LogP contribution in [-0.2, 0) is 23.9 Å². The number of hydrogen-bond acceptors (Lipinski definition) is 7. The molecule has 1 aliphatic carbocycles. The molecule has 1 saturated heterocycles. The number of hydrogen-bond donors (Lipinski definition) is 3. The van der Waals surface area contributed by atoms with Crippen LogP contribution in [0, 0.1) is 11.3 Å². The summed E-state index contributed by atoms with van der Waals surface area (Å²) in [6.45, 7) is 1.77. The standard InChI is InChI=1S/C29H35N3O6/c1-18(29(35)38-25-5-3-2-4-6-25)37-26(33)16-22-15-23(32-28(22)34)17-36-24-13-11-20(12-14-24)19-7-9-21(10-8-19)27(30)31/h7-14,18,22-23,25H,2-6,15-17H2,1H3,(H3,30,31)(H,32,34)/t18?,22-,23-/m0/s1. The molecule has 0 spiro atoms. The normalized spacial score (nSPS) is 20.3. The van der Waals surface area contributed by atoms with Crippen molar-refractivity contribution < 1.29 is 28.6 Å². The first-order chi connectivity index (χ1) is 18.3. The topological polar surface area (TPSA) is 141 Å². The molecule has 0 bridgehead atoms. The molecule has 1 amide bonds. The molecule has 2 aromatic rings. The van der Waals surface area contributed by atoms with E-state index in [-0.39, 0.29) is 36.9 Å². The molecule has 1 aliphatic heterocycles. The molecule has 1 saturated carbocycles. The summed E-state index contributed by atoms with van der Waals surface area (Å²) >= 11 is 0. The molecule has 38 heavy (non-hydrogen) atoms. The van der Waals surface area contributed by atoms with Crippen LogP contribution in [0.5, 0.6) is 5.75 Å². The summed E-state index contributed by atoms with van der Waals surface area (Å²) in [5.41, 5.74) is 8.17. The maximum Gasteiger partial charge on any atom is 0.347 e. The molecule has 4 N–H and O–H groups in total. The molecule has 0 aromatic heterocycles. The lowest BCUT2D eigenvalue weighted by atomic mass is 9.98. The van der Waals surface area contributed by atoms with Gasteiger partial charge in [-0.05, 0) is 62.3 Å². The van der Waals surface area contributed by atoms with E-state index in [1.807, 2.05) is 36.4 Å². The van der Waals surface area contributed by atoms with Crippen molar-refractivity contribution in [2.24, 2.45) is 11.7 Å². The fourth-order valence-corrected chi connectivity index (χ4v) is 4.83. The number of nitrogen functional groups attached to an aromatic ring is 1. The molecular weight excluding hydrogens is 486 g/mol. The maximum absolute atomic E-state index is 12.4. The first kappa shape index (κ1) is 27.2. The molecule has 4 rings (SSSR count). The van der Waals surface area contributed by atoms with Gasteiger partial charge < -0.3 is 25.3 Å². The van der Waals surface area contributed by atoms with E-state index in [0.29, 0.717) is 17.7 Å². The van der Waals surface area contributed by atoms with E-state index in [0.717, 1.165) is 43.2 Å². The van der Waals surface area contributed by atoms with Gasteiger partial charge in [0.15, 0.2) is 6.10 Å². The van der Waals surface area contributed by atoms with Gasteiger partial charge in [0.2, 0.25) is 5.91 Å². The summed E-state index contributed by atoms with van der Waals surface area (Å²) in [5.74, 6) is -1.19. The van der Waals surface area contributed by atoms with Gasteiger partial charge in [0, 0.05) is 5.56 Å². The van der Waals surface area contributed by atoms with Crippen LogP contribution in [-0.4, -0.2) is 48.5 Å². The molecule has 2 fully saturated rings. The number of carbonyl (C=O) groups excluding carboxylic acids is 3. The lowest BCUT2D eigenvalue weighted by molar-refractivity contribution is -0.171. The van der Waals surface area contributed by atoms with Crippen LogP contribution in [0.2, 0.25) is 0 Å². The summed E-state index contributed by atoms with van der Waals surface area (Å²) < 4.78 is 16.6. The smallest absolute Gasteiger partial charge is 0.347 e. The number of esters is 2. The molecule has 202 valence electrons. The summed E-state index contributed by atoms with van der Waals surface area (Å²) in [7, 11) is 0. The minimum Gasteiger partial charge on any atom is -0.491 e. The number of ether oxygens (including phenoxy) is 3. The van der Waals surface area contributed by atoms with Crippen molar-refractivity contribution in [3.8, 4) is 16.9 Å². The van der Waals surface area contributed by atoms with Crippen LogP contribution >= 0.6 is 0 Å². The second-order valence-corrected chi connectivity index (χ2v) is 10.00. The van der Waals surface area contributed by atoms with Gasteiger partial charge in [0.1, 0.15) is 24.3 Å². The Balaban J connectivity index is 1.20. The number of carbonyl (C=O) groups is 3. The van der Waals surface area contributed by atoms with Crippen molar-refractivity contribution in [3.05, 3.63) is 54.1 Å². The summed E-state index contributed by atoms with van der Waals surface area (Å²) in [6, 6.07) is 14.8. The van der Waals surface area contributed by atoms with E-state index in [9.17, 15) is 14.4 Å². The van der Waals surface area contributed by atoms with Crippen molar-refractivity contribution >= 4 is 23.7 Å². The Morgan fingerprint density at radius 3 is 2.29 bits per heavy atom. The third-order valence-corrected chi connectivity index (χ3v) is 7.01. The van der Waals surface area contributed by atoms with Crippen molar-refractivity contribution in [3.63, 3.8) is 0 Å². The Morgan fingerprint density at radius 2 is 1.66 bits per heavy atom. The SMILES string of the molecule is CC(OC(=O)C[C@@H]1C[C@@H](COc2ccc(-c3ccc(C(=N)N)cc3)cc2)NC1=O)C(=O)OC1CCCCC1. The zero-order chi connectivity index (χ0) is 27.1. The lowest BCUT2D eigenvalue weighted by Crippen LogP contribution is -2.32. The van der Waals surface area contributed by atoms with Crippen molar-refractivity contribution in [1.29, 1.82) is 5.41 Å². The van der Waals surface area contributed by atoms with Crippen LogP contribution in [0.3, 0.4) is 0 Å². The molecule has 9 nitrogen and oxygen atoms in total. The number of benzene rings is 2. The van der Waals surface area contributed by atoms with E-state index in [4.69, 9.17) is 25.4 Å². The fourth-order valence-electron chi connectivity index (χ4n) is 4.83. The molecule has 2 aliphatic rings. The molecule has 9 heteroatoms. The Bertz CT molecular complexity index is 1140. The van der Waals surface area contributed by atoms with Gasteiger partial charge in [-0.2, -0.15) is 0 Å². The summed E-state index contributed by atoms with van der Waals surface area (Å²) in [6.07, 6.45) is 4.16. The Hall–Kier alpha value is -3.88. The highest BCUT2D eigenvalue weighted by atomic mass is 16.6. The first-order valence-electron chi connectivity index (χ1n) is 13.2. The molecular formula is C29H35N3O6. The monoisotopic (exact) mass is 521 g/mol. The third-order valence-electron chi connectivity index (χ3n) is 7.01. The number of amides is 1. The van der Waals surface area contributed by atoms with Gasteiger partial charge in [0.05, 0.1) is 18.4 Å².